The van der Waals surface area contributed by atoms with Crippen LogP contribution >= 0.6 is 0 Å². The fourth-order valence-electron chi connectivity index (χ4n) is 2.06. The van der Waals surface area contributed by atoms with Gasteiger partial charge in [-0.15, -0.1) is 0 Å². The van der Waals surface area contributed by atoms with Crippen LogP contribution in [0.1, 0.15) is 24.2 Å². The van der Waals surface area contributed by atoms with E-state index in [-0.39, 0.29) is 11.6 Å². The molecule has 0 saturated heterocycles. The summed E-state index contributed by atoms with van der Waals surface area (Å²) in [5, 5.41) is 2.62. The van der Waals surface area contributed by atoms with Crippen molar-refractivity contribution < 1.29 is 13.8 Å². The van der Waals surface area contributed by atoms with Crippen molar-refractivity contribution in [1.82, 2.24) is 0 Å². The predicted octanol–water partition coefficient (Wildman–Crippen LogP) is 2.93. The molecule has 1 heterocycles. The van der Waals surface area contributed by atoms with E-state index in [1.54, 1.807) is 25.1 Å². The molecule has 4 heteroatoms. The summed E-state index contributed by atoms with van der Waals surface area (Å²) < 4.78 is 15.4. The highest BCUT2D eigenvalue weighted by Gasteiger charge is 2.25. The molecule has 1 N–H and O–H groups in total. The van der Waals surface area contributed by atoms with Gasteiger partial charge in [-0.05, 0) is 25.1 Å². The van der Waals surface area contributed by atoms with E-state index in [0.717, 1.165) is 11.3 Å². The number of nitrogens with zero attached hydrogens (tertiary/aromatic N) is 1. The topological polar surface area (TPSA) is 33.0 Å². The zero-order valence-electron chi connectivity index (χ0n) is 11.9. The van der Waals surface area contributed by atoms with Gasteiger partial charge in [-0.25, -0.2) is 4.39 Å². The Hall–Kier alpha value is -2.23. The molecule has 20 heavy (non-hydrogen) atoms. The van der Waals surface area contributed by atoms with Crippen molar-refractivity contribution >= 4 is 11.6 Å². The molecule has 0 saturated carbocycles. The van der Waals surface area contributed by atoms with Crippen LogP contribution in [0.2, 0.25) is 0 Å². The van der Waals surface area contributed by atoms with E-state index < -0.39 is 11.9 Å². The molecule has 0 unspecified atom stereocenters. The zero-order chi connectivity index (χ0) is 14.7. The number of halogens is 1. The maximum absolute atomic E-state index is 13.5. The highest BCUT2D eigenvalue weighted by Crippen LogP contribution is 2.14. The first kappa shape index (κ1) is 14.2. The van der Waals surface area contributed by atoms with Crippen molar-refractivity contribution in [1.29, 1.82) is 0 Å². The second-order valence-corrected chi connectivity index (χ2v) is 4.83. The van der Waals surface area contributed by atoms with Crippen LogP contribution in [0.15, 0.2) is 42.6 Å². The molecule has 0 radical (unpaired) electrons. The molecule has 3 nitrogen and oxygen atoms in total. The van der Waals surface area contributed by atoms with Gasteiger partial charge in [0, 0.05) is 25.5 Å². The number of aryl methyl sites for hydroxylation is 1. The van der Waals surface area contributed by atoms with Gasteiger partial charge in [-0.2, -0.15) is 4.57 Å². The third-order valence-corrected chi connectivity index (χ3v) is 3.48. The summed E-state index contributed by atoms with van der Waals surface area (Å²) in [6, 6.07) is 9.64. The van der Waals surface area contributed by atoms with E-state index in [4.69, 9.17) is 0 Å². The van der Waals surface area contributed by atoms with Gasteiger partial charge in [0.25, 0.3) is 5.91 Å². The van der Waals surface area contributed by atoms with Gasteiger partial charge in [-0.3, -0.25) is 4.79 Å². The molecule has 0 aliphatic heterocycles. The number of benzene rings is 1. The SMILES string of the molecule is Cc1ccc[n+]([C@@H](C)C(=O)Nc2ccccc2F)c1C. The van der Waals surface area contributed by atoms with Crippen molar-refractivity contribution in [2.24, 2.45) is 0 Å². The molecule has 104 valence electrons. The Morgan fingerprint density at radius 3 is 2.60 bits per heavy atom. The number of anilines is 1. The molecular formula is C16H18FN2O+. The lowest BCUT2D eigenvalue weighted by Gasteiger charge is -2.11. The largest absolute Gasteiger partial charge is 0.318 e. The third-order valence-electron chi connectivity index (χ3n) is 3.48. The highest BCUT2D eigenvalue weighted by atomic mass is 19.1. The van der Waals surface area contributed by atoms with E-state index in [1.165, 1.54) is 6.07 Å². The number of nitrogens with one attached hydrogen (secondary N) is 1. The van der Waals surface area contributed by atoms with E-state index in [1.807, 2.05) is 36.7 Å². The van der Waals surface area contributed by atoms with Crippen LogP contribution in [0.4, 0.5) is 10.1 Å². The van der Waals surface area contributed by atoms with Crippen LogP contribution in [0.25, 0.3) is 0 Å². The maximum Gasteiger partial charge on any atom is 0.293 e. The van der Waals surface area contributed by atoms with Crippen LogP contribution in [-0.4, -0.2) is 5.91 Å². The molecule has 2 rings (SSSR count). The number of hydrogen-bond donors (Lipinski definition) is 1. The fraction of sp³-hybridized carbons (Fsp3) is 0.250. The molecule has 0 aliphatic carbocycles. The molecule has 1 aromatic heterocycles. The summed E-state index contributed by atoms with van der Waals surface area (Å²) in [6.07, 6.45) is 1.86. The van der Waals surface area contributed by atoms with Crippen molar-refractivity contribution in [3.63, 3.8) is 0 Å². The summed E-state index contributed by atoms with van der Waals surface area (Å²) in [4.78, 5) is 12.2. The van der Waals surface area contributed by atoms with Gasteiger partial charge in [0.05, 0.1) is 5.69 Å². The first-order chi connectivity index (χ1) is 9.50. The smallest absolute Gasteiger partial charge is 0.293 e. The highest BCUT2D eigenvalue weighted by molar-refractivity contribution is 5.92. The number of aromatic nitrogens is 1. The molecular weight excluding hydrogens is 255 g/mol. The first-order valence-corrected chi connectivity index (χ1v) is 6.53. The minimum absolute atomic E-state index is 0.204. The lowest BCUT2D eigenvalue weighted by atomic mass is 10.2. The quantitative estimate of drug-likeness (QED) is 0.857. The van der Waals surface area contributed by atoms with Crippen LogP contribution in [0.3, 0.4) is 0 Å². The molecule has 0 bridgehead atoms. The number of hydrogen-bond acceptors (Lipinski definition) is 1. The number of carbonyl (C=O) groups is 1. The zero-order valence-corrected chi connectivity index (χ0v) is 11.9. The van der Waals surface area contributed by atoms with Gasteiger partial charge in [0.1, 0.15) is 5.82 Å². The average Bonchev–Trinajstić information content (AvgIpc) is 2.43. The lowest BCUT2D eigenvalue weighted by Crippen LogP contribution is -2.47. The number of para-hydroxylation sites is 1. The van der Waals surface area contributed by atoms with Crippen LogP contribution in [-0.2, 0) is 4.79 Å². The van der Waals surface area contributed by atoms with E-state index in [2.05, 4.69) is 5.32 Å². The average molecular weight is 273 g/mol. The Bertz CT molecular complexity index is 640. The Morgan fingerprint density at radius 1 is 1.20 bits per heavy atom. The van der Waals surface area contributed by atoms with Crippen molar-refractivity contribution in [3.05, 3.63) is 59.7 Å². The van der Waals surface area contributed by atoms with Crippen molar-refractivity contribution in [3.8, 4) is 0 Å². The van der Waals surface area contributed by atoms with Gasteiger partial charge in [0.2, 0.25) is 6.04 Å². The Labute approximate surface area is 118 Å². The summed E-state index contributed by atoms with van der Waals surface area (Å²) in [7, 11) is 0. The second-order valence-electron chi connectivity index (χ2n) is 4.83. The van der Waals surface area contributed by atoms with Gasteiger partial charge < -0.3 is 5.32 Å². The van der Waals surface area contributed by atoms with Crippen LogP contribution in [0, 0.1) is 19.7 Å². The van der Waals surface area contributed by atoms with Crippen LogP contribution < -0.4 is 9.88 Å². The number of pyridine rings is 1. The normalized spacial score (nSPS) is 12.0. The van der Waals surface area contributed by atoms with E-state index in [0.29, 0.717) is 0 Å². The monoisotopic (exact) mass is 273 g/mol. The molecule has 0 fully saturated rings. The predicted molar refractivity (Wildman–Crippen MR) is 75.9 cm³/mol. The molecule has 1 atom stereocenters. The van der Waals surface area contributed by atoms with Crippen LogP contribution in [0.5, 0.6) is 0 Å². The standard InChI is InChI=1S/C16H17FN2O/c1-11-7-6-10-19(12(11)2)13(3)16(20)18-15-9-5-4-8-14(15)17/h4-10,13H,1-3H3/p+1/t13-/m0/s1. The second kappa shape index (κ2) is 5.82. The van der Waals surface area contributed by atoms with Gasteiger partial charge in [0.15, 0.2) is 11.9 Å². The minimum atomic E-state index is -0.431. The minimum Gasteiger partial charge on any atom is -0.318 e. The first-order valence-electron chi connectivity index (χ1n) is 6.53. The third kappa shape index (κ3) is 2.85. The van der Waals surface area contributed by atoms with Gasteiger partial charge in [-0.1, -0.05) is 12.1 Å². The Morgan fingerprint density at radius 2 is 1.90 bits per heavy atom. The van der Waals surface area contributed by atoms with Crippen molar-refractivity contribution in [2.75, 3.05) is 5.32 Å². The molecule has 1 aromatic carbocycles. The molecule has 0 spiro atoms. The molecule has 1 amide bonds. The van der Waals surface area contributed by atoms with E-state index >= 15 is 0 Å². The van der Waals surface area contributed by atoms with Crippen molar-refractivity contribution in [2.45, 2.75) is 26.8 Å². The maximum atomic E-state index is 13.5. The van der Waals surface area contributed by atoms with Gasteiger partial charge >= 0.3 is 0 Å². The molecule has 2 aromatic rings. The lowest BCUT2D eigenvalue weighted by molar-refractivity contribution is -0.711. The Balaban J connectivity index is 2.21. The summed E-state index contributed by atoms with van der Waals surface area (Å²) in [5.41, 5.74) is 2.33. The number of carbonyl (C=O) groups excluding carboxylic acids is 1. The Kier molecular flexibility index (Phi) is 4.13. The number of rotatable bonds is 3. The summed E-state index contributed by atoms with van der Waals surface area (Å²) in [6.45, 7) is 5.75. The summed E-state index contributed by atoms with van der Waals surface area (Å²) in [5.74, 6) is -0.673. The fourth-order valence-corrected chi connectivity index (χ4v) is 2.06. The number of amides is 1. The van der Waals surface area contributed by atoms with E-state index in [9.17, 15) is 9.18 Å². The molecule has 0 aliphatic rings. The summed E-state index contributed by atoms with van der Waals surface area (Å²) >= 11 is 0.